The molecule has 1 amide bonds. The molecule has 9 nitrogen and oxygen atoms in total. The molecule has 2 aromatic carbocycles. The Kier molecular flexibility index (Phi) is 10.1. The second-order valence-electron chi connectivity index (χ2n) is 10.2. The van der Waals surface area contributed by atoms with E-state index in [0.717, 1.165) is 16.8 Å². The van der Waals surface area contributed by atoms with Gasteiger partial charge >= 0.3 is 6.09 Å². The number of rotatable bonds is 10. The molecule has 1 heterocycles. The largest absolute Gasteiger partial charge is 0.497 e. The van der Waals surface area contributed by atoms with Gasteiger partial charge < -0.3 is 24.8 Å². The fraction of sp³-hybridized carbons (Fsp3) is 0.433. The number of ether oxygens (including phenoxy) is 3. The van der Waals surface area contributed by atoms with Crippen LogP contribution in [0, 0.1) is 5.82 Å². The second-order valence-corrected chi connectivity index (χ2v) is 10.2. The number of fused-ring (bicyclic) bond motifs is 1. The van der Waals surface area contributed by atoms with Gasteiger partial charge in [0.15, 0.2) is 0 Å². The summed E-state index contributed by atoms with van der Waals surface area (Å²) >= 11 is 0. The molecule has 10 heteroatoms. The van der Waals surface area contributed by atoms with Gasteiger partial charge in [0.05, 0.1) is 20.8 Å². The Morgan fingerprint density at radius 2 is 1.88 bits per heavy atom. The van der Waals surface area contributed by atoms with E-state index in [2.05, 4.69) is 15.6 Å². The third kappa shape index (κ3) is 7.31. The molecule has 2 N–H and O–H groups in total. The molecular formula is C30H40FN5O4. The normalized spacial score (nSPS) is 12.7. The first-order valence-electron chi connectivity index (χ1n) is 13.3. The molecule has 1 aromatic heterocycles. The molecule has 0 radical (unpaired) electrons. The summed E-state index contributed by atoms with van der Waals surface area (Å²) < 4.78 is 33.2. The van der Waals surface area contributed by atoms with Gasteiger partial charge in [-0.25, -0.2) is 19.2 Å². The number of para-hydroxylation sites is 1. The van der Waals surface area contributed by atoms with Gasteiger partial charge in [-0.2, -0.15) is 0 Å². The summed E-state index contributed by atoms with van der Waals surface area (Å²) in [6, 6.07) is 10.4. The SMILES string of the molecule is CCNc1c2cccc(F)c2nc(=NCc2ccc(OC)cc2OC)n1/C(C)=C(\CC)CNC(=O)OC(C)(C)C. The average Bonchev–Trinajstić information content (AvgIpc) is 2.91. The lowest BCUT2D eigenvalue weighted by molar-refractivity contribution is 0.0532. The fourth-order valence-corrected chi connectivity index (χ4v) is 4.25. The van der Waals surface area contributed by atoms with Gasteiger partial charge in [-0.1, -0.05) is 13.0 Å². The van der Waals surface area contributed by atoms with Crippen molar-refractivity contribution in [3.05, 3.63) is 59.0 Å². The number of benzene rings is 2. The van der Waals surface area contributed by atoms with Crippen molar-refractivity contribution in [3.63, 3.8) is 0 Å². The molecule has 0 aliphatic rings. The maximum absolute atomic E-state index is 15.0. The van der Waals surface area contributed by atoms with Crippen molar-refractivity contribution in [1.82, 2.24) is 14.9 Å². The number of allylic oxidation sites excluding steroid dienone is 1. The first-order valence-corrected chi connectivity index (χ1v) is 13.3. The Labute approximate surface area is 235 Å². The molecule has 3 aromatic rings. The Morgan fingerprint density at radius 3 is 2.50 bits per heavy atom. The van der Waals surface area contributed by atoms with Crippen LogP contribution in [0.5, 0.6) is 11.5 Å². The number of halogens is 1. The highest BCUT2D eigenvalue weighted by atomic mass is 19.1. The maximum Gasteiger partial charge on any atom is 0.407 e. The number of alkyl carbamates (subject to hydrolysis) is 1. The zero-order valence-corrected chi connectivity index (χ0v) is 24.6. The number of nitrogens with one attached hydrogen (secondary N) is 2. The Bertz CT molecular complexity index is 1460. The van der Waals surface area contributed by atoms with Crippen molar-refractivity contribution in [3.8, 4) is 11.5 Å². The number of nitrogens with zero attached hydrogens (tertiary/aromatic N) is 3. The minimum absolute atomic E-state index is 0.216. The summed E-state index contributed by atoms with van der Waals surface area (Å²) in [6.07, 6.45) is 0.144. The summed E-state index contributed by atoms with van der Waals surface area (Å²) in [5.74, 6) is 1.51. The fourth-order valence-electron chi connectivity index (χ4n) is 4.25. The quantitative estimate of drug-likeness (QED) is 0.325. The van der Waals surface area contributed by atoms with E-state index < -0.39 is 17.5 Å². The Morgan fingerprint density at radius 1 is 1.12 bits per heavy atom. The van der Waals surface area contributed by atoms with Crippen LogP contribution in [0.15, 0.2) is 47.0 Å². The van der Waals surface area contributed by atoms with Crippen molar-refractivity contribution in [2.75, 3.05) is 32.6 Å². The highest BCUT2D eigenvalue weighted by Gasteiger charge is 2.19. The first kappa shape index (κ1) is 30.5. The summed E-state index contributed by atoms with van der Waals surface area (Å²) in [6.45, 7) is 12.5. The molecular weight excluding hydrogens is 513 g/mol. The summed E-state index contributed by atoms with van der Waals surface area (Å²) in [7, 11) is 3.18. The monoisotopic (exact) mass is 553 g/mol. The van der Waals surface area contributed by atoms with Gasteiger partial charge in [0.1, 0.15) is 34.3 Å². The zero-order valence-electron chi connectivity index (χ0n) is 24.6. The lowest BCUT2D eigenvalue weighted by Crippen LogP contribution is -2.34. The minimum atomic E-state index is -0.608. The van der Waals surface area contributed by atoms with Crippen LogP contribution < -0.4 is 25.7 Å². The molecule has 0 saturated heterocycles. The zero-order chi connectivity index (χ0) is 29.4. The smallest absolute Gasteiger partial charge is 0.407 e. The van der Waals surface area contributed by atoms with Gasteiger partial charge in [0.25, 0.3) is 0 Å². The number of aromatic nitrogens is 2. The van der Waals surface area contributed by atoms with E-state index in [1.54, 1.807) is 26.4 Å². The number of hydrogen-bond acceptors (Lipinski definition) is 7. The number of amides is 1. The number of anilines is 1. The van der Waals surface area contributed by atoms with Crippen molar-refractivity contribution >= 4 is 28.5 Å². The Hall–Kier alpha value is -4.08. The first-order chi connectivity index (χ1) is 19.0. The predicted molar refractivity (Wildman–Crippen MR) is 156 cm³/mol. The van der Waals surface area contributed by atoms with Gasteiger partial charge in [-0.05, 0) is 70.9 Å². The van der Waals surface area contributed by atoms with Crippen molar-refractivity contribution < 1.29 is 23.4 Å². The molecule has 3 rings (SSSR count). The summed E-state index contributed by atoms with van der Waals surface area (Å²) in [4.78, 5) is 21.9. The van der Waals surface area contributed by atoms with Crippen LogP contribution in [0.3, 0.4) is 0 Å². The average molecular weight is 554 g/mol. The molecule has 0 bridgehead atoms. The minimum Gasteiger partial charge on any atom is -0.497 e. The Balaban J connectivity index is 2.22. The van der Waals surface area contributed by atoms with E-state index in [1.165, 1.54) is 6.07 Å². The van der Waals surface area contributed by atoms with Crippen LogP contribution in [0.4, 0.5) is 15.0 Å². The molecule has 0 saturated carbocycles. The highest BCUT2D eigenvalue weighted by Crippen LogP contribution is 2.27. The predicted octanol–water partition coefficient (Wildman–Crippen LogP) is 5.89. The molecule has 0 spiro atoms. The van der Waals surface area contributed by atoms with Crippen molar-refractivity contribution in [2.24, 2.45) is 4.99 Å². The van der Waals surface area contributed by atoms with E-state index in [-0.39, 0.29) is 18.6 Å². The molecule has 0 atom stereocenters. The lowest BCUT2D eigenvalue weighted by Gasteiger charge is -2.22. The summed E-state index contributed by atoms with van der Waals surface area (Å²) in [5.41, 5.74) is 2.49. The van der Waals surface area contributed by atoms with E-state index in [9.17, 15) is 4.79 Å². The van der Waals surface area contributed by atoms with E-state index in [1.807, 2.05) is 64.3 Å². The third-order valence-corrected chi connectivity index (χ3v) is 6.23. The number of carbonyl (C=O) groups is 1. The highest BCUT2D eigenvalue weighted by molar-refractivity contribution is 5.91. The molecule has 216 valence electrons. The van der Waals surface area contributed by atoms with Crippen LogP contribution in [-0.2, 0) is 11.3 Å². The molecule has 40 heavy (non-hydrogen) atoms. The molecule has 0 fully saturated rings. The van der Waals surface area contributed by atoms with E-state index in [0.29, 0.717) is 41.3 Å². The van der Waals surface area contributed by atoms with E-state index in [4.69, 9.17) is 19.2 Å². The van der Waals surface area contributed by atoms with Crippen LogP contribution in [-0.4, -0.2) is 48.6 Å². The van der Waals surface area contributed by atoms with Gasteiger partial charge in [0, 0.05) is 35.8 Å². The van der Waals surface area contributed by atoms with Gasteiger partial charge in [0.2, 0.25) is 5.62 Å². The van der Waals surface area contributed by atoms with E-state index >= 15 is 4.39 Å². The number of carbonyl (C=O) groups excluding carboxylic acids is 1. The number of hydrogen-bond donors (Lipinski definition) is 2. The summed E-state index contributed by atoms with van der Waals surface area (Å²) in [5, 5.41) is 6.86. The van der Waals surface area contributed by atoms with Crippen molar-refractivity contribution in [1.29, 1.82) is 0 Å². The van der Waals surface area contributed by atoms with Crippen LogP contribution in [0.2, 0.25) is 0 Å². The standard InChI is InChI=1S/C30H40FN5O4/c1-9-20(17-34-29(37)40-30(4,5)6)19(3)36-27(32-10-2)23-12-11-13-24(31)26(23)35-28(36)33-18-21-14-15-22(38-7)16-25(21)39-8/h11-16,32H,9-10,17-18H2,1-8H3,(H,34,37)/b20-19+,33-28?. The molecule has 0 aliphatic heterocycles. The molecule has 0 aliphatic carbocycles. The molecule has 0 unspecified atom stereocenters. The van der Waals surface area contributed by atoms with Gasteiger partial charge in [-0.15, -0.1) is 0 Å². The van der Waals surface area contributed by atoms with Gasteiger partial charge in [-0.3, -0.25) is 4.57 Å². The maximum atomic E-state index is 15.0. The third-order valence-electron chi connectivity index (χ3n) is 6.23. The second kappa shape index (κ2) is 13.3. The van der Waals surface area contributed by atoms with Crippen molar-refractivity contribution in [2.45, 2.75) is 60.1 Å². The topological polar surface area (TPSA) is 99.0 Å². The lowest BCUT2D eigenvalue weighted by atomic mass is 10.1. The van der Waals surface area contributed by atoms with Crippen LogP contribution in [0.1, 0.15) is 53.5 Å². The number of methoxy groups -OCH3 is 2. The van der Waals surface area contributed by atoms with Crippen LogP contribution >= 0.6 is 0 Å². The van der Waals surface area contributed by atoms with Crippen LogP contribution in [0.25, 0.3) is 16.6 Å².